The maximum absolute atomic E-state index is 11.3. The number of nitrogens with one attached hydrogen (secondary N) is 1. The summed E-state index contributed by atoms with van der Waals surface area (Å²) in [6.07, 6.45) is 2.64. The molecule has 1 heterocycles. The van der Waals surface area contributed by atoms with E-state index in [2.05, 4.69) is 10.3 Å². The van der Waals surface area contributed by atoms with Crippen molar-refractivity contribution in [3.8, 4) is 0 Å². The van der Waals surface area contributed by atoms with Crippen molar-refractivity contribution in [1.82, 2.24) is 4.98 Å². The fourth-order valence-electron chi connectivity index (χ4n) is 1.48. The van der Waals surface area contributed by atoms with Crippen molar-refractivity contribution >= 4 is 38.6 Å². The monoisotopic (exact) mass is 297 g/mol. The van der Waals surface area contributed by atoms with Crippen molar-refractivity contribution < 1.29 is 8.42 Å². The van der Waals surface area contributed by atoms with E-state index < -0.39 is 9.84 Å². The summed E-state index contributed by atoms with van der Waals surface area (Å²) >= 11 is 5.75. The Bertz CT molecular complexity index is 699. The van der Waals surface area contributed by atoms with E-state index in [-0.39, 0.29) is 4.90 Å². The third-order valence-electron chi connectivity index (χ3n) is 2.43. The Morgan fingerprint density at radius 1 is 1.26 bits per heavy atom. The van der Waals surface area contributed by atoms with Crippen molar-refractivity contribution in [1.29, 1.82) is 0 Å². The molecule has 0 aliphatic rings. The third-order valence-corrected chi connectivity index (χ3v) is 3.76. The second-order valence-corrected chi connectivity index (χ2v) is 6.47. The second-order valence-electron chi connectivity index (χ2n) is 4.01. The highest BCUT2D eigenvalue weighted by molar-refractivity contribution is 7.90. The molecule has 0 saturated carbocycles. The van der Waals surface area contributed by atoms with Crippen LogP contribution in [0.5, 0.6) is 0 Å². The van der Waals surface area contributed by atoms with Gasteiger partial charge in [-0.25, -0.2) is 13.4 Å². The number of aromatic nitrogens is 1. The summed E-state index contributed by atoms with van der Waals surface area (Å²) in [5.74, 6) is 0.469. The molecule has 0 radical (unpaired) electrons. The van der Waals surface area contributed by atoms with Crippen molar-refractivity contribution in [3.63, 3.8) is 0 Å². The third kappa shape index (κ3) is 3.36. The molecular weight excluding hydrogens is 286 g/mol. The van der Waals surface area contributed by atoms with E-state index >= 15 is 0 Å². The predicted octanol–water partition coefficient (Wildman–Crippen LogP) is 2.46. The summed E-state index contributed by atoms with van der Waals surface area (Å²) in [5, 5.41) is 3.44. The van der Waals surface area contributed by atoms with E-state index in [1.165, 1.54) is 18.3 Å². The Morgan fingerprint density at radius 2 is 1.89 bits per heavy atom. The molecule has 0 unspecified atom stereocenters. The Hall–Kier alpha value is -1.79. The minimum absolute atomic E-state index is 0.259. The predicted molar refractivity (Wildman–Crippen MR) is 76.5 cm³/mol. The maximum atomic E-state index is 11.3. The van der Waals surface area contributed by atoms with E-state index in [1.54, 1.807) is 18.2 Å². The molecule has 2 rings (SSSR count). The molecule has 0 fully saturated rings. The largest absolute Gasteiger partial charge is 0.396 e. The zero-order valence-corrected chi connectivity index (χ0v) is 11.7. The van der Waals surface area contributed by atoms with E-state index in [9.17, 15) is 8.42 Å². The standard InChI is InChI=1S/C12H12ClN3O2S/c1-19(17,18)10-4-2-9(3-5-10)16-12-11(14)6-8(13)7-15-12/h2-7H,14H2,1H3,(H,15,16). The van der Waals surface area contributed by atoms with Crippen LogP contribution in [0.25, 0.3) is 0 Å². The van der Waals surface area contributed by atoms with Gasteiger partial charge in [0, 0.05) is 18.1 Å². The molecule has 0 bridgehead atoms. The first kappa shape index (κ1) is 13.6. The number of pyridine rings is 1. The molecule has 2 aromatic rings. The molecule has 3 N–H and O–H groups in total. The molecule has 1 aromatic carbocycles. The number of hydrogen-bond acceptors (Lipinski definition) is 5. The Kier molecular flexibility index (Phi) is 3.64. The molecule has 0 aliphatic heterocycles. The highest BCUT2D eigenvalue weighted by Gasteiger charge is 2.07. The van der Waals surface area contributed by atoms with Crippen LogP contribution in [0.3, 0.4) is 0 Å². The quantitative estimate of drug-likeness (QED) is 0.909. The molecule has 1 aromatic heterocycles. The van der Waals surface area contributed by atoms with Gasteiger partial charge in [-0.05, 0) is 30.3 Å². The zero-order valence-electron chi connectivity index (χ0n) is 10.1. The molecule has 0 spiro atoms. The number of anilines is 3. The van der Waals surface area contributed by atoms with Gasteiger partial charge in [-0.2, -0.15) is 0 Å². The first-order valence-corrected chi connectivity index (χ1v) is 7.61. The van der Waals surface area contributed by atoms with Crippen LogP contribution in [-0.2, 0) is 9.84 Å². The fourth-order valence-corrected chi connectivity index (χ4v) is 2.28. The van der Waals surface area contributed by atoms with Gasteiger partial charge in [0.25, 0.3) is 0 Å². The van der Waals surface area contributed by atoms with E-state index in [1.807, 2.05) is 0 Å². The van der Waals surface area contributed by atoms with Crippen LogP contribution in [0.2, 0.25) is 5.02 Å². The van der Waals surface area contributed by atoms with Crippen molar-refractivity contribution in [3.05, 3.63) is 41.6 Å². The Labute approximate surface area is 116 Å². The van der Waals surface area contributed by atoms with Gasteiger partial charge in [0.15, 0.2) is 15.7 Å². The number of nitrogen functional groups attached to an aromatic ring is 1. The molecule has 0 amide bonds. The number of nitrogens with zero attached hydrogens (tertiary/aromatic N) is 1. The van der Waals surface area contributed by atoms with Gasteiger partial charge in [-0.1, -0.05) is 11.6 Å². The molecule has 0 atom stereocenters. The smallest absolute Gasteiger partial charge is 0.175 e. The van der Waals surface area contributed by atoms with E-state index in [0.29, 0.717) is 22.2 Å². The Morgan fingerprint density at radius 3 is 2.42 bits per heavy atom. The molecule has 0 aliphatic carbocycles. The summed E-state index contributed by atoms with van der Waals surface area (Å²) in [5.41, 5.74) is 6.87. The lowest BCUT2D eigenvalue weighted by Gasteiger charge is -2.08. The van der Waals surface area contributed by atoms with Crippen LogP contribution in [0.15, 0.2) is 41.4 Å². The van der Waals surface area contributed by atoms with E-state index in [4.69, 9.17) is 17.3 Å². The Balaban J connectivity index is 2.25. The van der Waals surface area contributed by atoms with Gasteiger partial charge in [0.2, 0.25) is 0 Å². The van der Waals surface area contributed by atoms with Crippen LogP contribution in [-0.4, -0.2) is 19.7 Å². The molecule has 5 nitrogen and oxygen atoms in total. The fraction of sp³-hybridized carbons (Fsp3) is 0.0833. The topological polar surface area (TPSA) is 85.1 Å². The molecule has 0 saturated heterocycles. The highest BCUT2D eigenvalue weighted by atomic mass is 35.5. The highest BCUT2D eigenvalue weighted by Crippen LogP contribution is 2.24. The summed E-state index contributed by atoms with van der Waals surface area (Å²) in [6, 6.07) is 7.91. The van der Waals surface area contributed by atoms with Gasteiger partial charge in [0.05, 0.1) is 15.6 Å². The first-order valence-electron chi connectivity index (χ1n) is 5.34. The number of benzene rings is 1. The van der Waals surface area contributed by atoms with Crippen molar-refractivity contribution in [2.75, 3.05) is 17.3 Å². The van der Waals surface area contributed by atoms with Crippen LogP contribution in [0.4, 0.5) is 17.2 Å². The minimum atomic E-state index is -3.19. The second kappa shape index (κ2) is 5.07. The summed E-state index contributed by atoms with van der Waals surface area (Å²) in [4.78, 5) is 4.32. The summed E-state index contributed by atoms with van der Waals surface area (Å²) in [7, 11) is -3.19. The van der Waals surface area contributed by atoms with Gasteiger partial charge in [-0.15, -0.1) is 0 Å². The minimum Gasteiger partial charge on any atom is -0.396 e. The van der Waals surface area contributed by atoms with Crippen LogP contribution < -0.4 is 11.1 Å². The first-order chi connectivity index (χ1) is 8.86. The lowest BCUT2D eigenvalue weighted by Crippen LogP contribution is -2.00. The molecular formula is C12H12ClN3O2S. The van der Waals surface area contributed by atoms with E-state index in [0.717, 1.165) is 6.26 Å². The van der Waals surface area contributed by atoms with Crippen molar-refractivity contribution in [2.45, 2.75) is 4.90 Å². The maximum Gasteiger partial charge on any atom is 0.175 e. The van der Waals surface area contributed by atoms with Gasteiger partial charge in [-0.3, -0.25) is 0 Å². The number of sulfone groups is 1. The van der Waals surface area contributed by atoms with Crippen LogP contribution in [0.1, 0.15) is 0 Å². The number of hydrogen-bond donors (Lipinski definition) is 2. The number of nitrogens with two attached hydrogens (primary N) is 1. The van der Waals surface area contributed by atoms with Crippen LogP contribution in [0, 0.1) is 0 Å². The summed E-state index contributed by atoms with van der Waals surface area (Å²) < 4.78 is 22.7. The average Bonchev–Trinajstić information content (AvgIpc) is 2.32. The molecule has 7 heteroatoms. The average molecular weight is 298 g/mol. The molecule has 19 heavy (non-hydrogen) atoms. The van der Waals surface area contributed by atoms with Gasteiger partial charge in [0.1, 0.15) is 0 Å². The van der Waals surface area contributed by atoms with Gasteiger partial charge < -0.3 is 11.1 Å². The molecule has 100 valence electrons. The van der Waals surface area contributed by atoms with Gasteiger partial charge >= 0.3 is 0 Å². The number of rotatable bonds is 3. The lowest BCUT2D eigenvalue weighted by molar-refractivity contribution is 0.602. The van der Waals surface area contributed by atoms with Crippen molar-refractivity contribution in [2.24, 2.45) is 0 Å². The normalized spacial score (nSPS) is 11.3. The lowest BCUT2D eigenvalue weighted by atomic mass is 10.3. The number of halogens is 1. The zero-order chi connectivity index (χ0) is 14.0. The SMILES string of the molecule is CS(=O)(=O)c1ccc(Nc2ncc(Cl)cc2N)cc1. The summed E-state index contributed by atoms with van der Waals surface area (Å²) in [6.45, 7) is 0. The van der Waals surface area contributed by atoms with Crippen LogP contribution >= 0.6 is 11.6 Å².